The van der Waals surface area contributed by atoms with E-state index in [4.69, 9.17) is 22.6 Å². The van der Waals surface area contributed by atoms with E-state index in [1.54, 1.807) is 56.2 Å². The highest BCUT2D eigenvalue weighted by Gasteiger charge is 2.32. The second kappa shape index (κ2) is 16.0. The number of anilines is 4. The molecule has 4 aromatic heterocycles. The van der Waals surface area contributed by atoms with Crippen molar-refractivity contribution in [3.63, 3.8) is 0 Å². The molecular formula is C47H41F2N10O3+. The topological polar surface area (TPSA) is 172 Å². The first-order chi connectivity index (χ1) is 30.0. The predicted octanol–water partition coefficient (Wildman–Crippen LogP) is 6.67. The van der Waals surface area contributed by atoms with Gasteiger partial charge in [-0.2, -0.15) is 0 Å². The van der Waals surface area contributed by atoms with Crippen molar-refractivity contribution in [3.8, 4) is 29.9 Å². The molecule has 310 valence electrons. The molecule has 9 rings (SSSR count). The number of nitrogens with zero attached hydrogens (tertiary/aromatic N) is 6. The van der Waals surface area contributed by atoms with Crippen LogP contribution < -0.4 is 42.5 Å². The molecule has 62 heavy (non-hydrogen) atoms. The fourth-order valence-corrected chi connectivity index (χ4v) is 7.80. The average molecular weight is 832 g/mol. The van der Waals surface area contributed by atoms with E-state index in [2.05, 4.69) is 43.3 Å². The van der Waals surface area contributed by atoms with Crippen LogP contribution in [0.4, 0.5) is 32.1 Å². The molecule has 2 saturated carbocycles. The van der Waals surface area contributed by atoms with E-state index in [0.29, 0.717) is 56.2 Å². The maximum absolute atomic E-state index is 14.8. The molecule has 2 aliphatic rings. The zero-order valence-electron chi connectivity index (χ0n) is 33.8. The van der Waals surface area contributed by atoms with E-state index < -0.39 is 23.7 Å². The molecule has 3 aromatic carbocycles. The van der Waals surface area contributed by atoms with Gasteiger partial charge in [-0.3, -0.25) is 9.59 Å². The number of ether oxygens (including phenoxy) is 1. The third kappa shape index (κ3) is 7.49. The molecule has 7 aromatic rings. The Bertz CT molecular complexity index is 3180. The molecule has 2 aliphatic carbocycles. The third-order valence-electron chi connectivity index (χ3n) is 11.2. The van der Waals surface area contributed by atoms with Gasteiger partial charge in [-0.1, -0.05) is 53.1 Å². The van der Waals surface area contributed by atoms with E-state index in [1.165, 1.54) is 24.8 Å². The van der Waals surface area contributed by atoms with Gasteiger partial charge in [-0.25, -0.2) is 23.3 Å². The normalized spacial score (nSPS) is 14.4. The number of hydrogen-bond acceptors (Lipinski definition) is 10. The van der Waals surface area contributed by atoms with Crippen LogP contribution in [-0.2, 0) is 6.73 Å². The highest BCUT2D eigenvalue weighted by Crippen LogP contribution is 2.39. The summed E-state index contributed by atoms with van der Waals surface area (Å²) in [6, 6.07) is 19.2. The van der Waals surface area contributed by atoms with Gasteiger partial charge < -0.3 is 36.0 Å². The van der Waals surface area contributed by atoms with Gasteiger partial charge in [0.05, 0.1) is 22.9 Å². The summed E-state index contributed by atoms with van der Waals surface area (Å²) in [4.78, 5) is 40.2. The summed E-state index contributed by atoms with van der Waals surface area (Å²) in [7, 11) is 0. The first-order valence-electron chi connectivity index (χ1n) is 20.2. The second-order valence-corrected chi connectivity index (χ2v) is 15.6. The first kappa shape index (κ1) is 39.7. The zero-order chi connectivity index (χ0) is 43.2. The van der Waals surface area contributed by atoms with E-state index >= 15 is 0 Å². The van der Waals surface area contributed by atoms with Crippen LogP contribution >= 0.6 is 0 Å². The lowest BCUT2D eigenvalue weighted by Gasteiger charge is -2.22. The standard InChI is InChI=1S/C47H40F2N10O3/c1-4-34-43(51)57(24-54-44(34)55-26(2)38-21-29-9-6-12-36(48)40(29)46(60)58(38)31-15-16-31)25-62-33-11-5-8-28(20-33)14-19-35-42(50)52-23-53-45(35)56-27(3)39-22-30-10-7-13-37(49)41(30)47(61)59(39)32-17-18-32/h1,5-13,20-24,26-27,31-32H,15-18,25H2,2-3H3,(H5,50,51,52,53,55,56)/p+1. The summed E-state index contributed by atoms with van der Waals surface area (Å²) in [5.41, 5.74) is 14.8. The number of benzene rings is 3. The Labute approximate surface area is 354 Å². The molecule has 2 fully saturated rings. The molecule has 0 amide bonds. The minimum Gasteiger partial charge on any atom is -0.460 e. The Kier molecular flexibility index (Phi) is 10.2. The van der Waals surface area contributed by atoms with Crippen LogP contribution in [0.25, 0.3) is 21.5 Å². The number of halogens is 2. The average Bonchev–Trinajstić information content (AvgIpc) is 4.20. The molecular weight excluding hydrogens is 791 g/mol. The van der Waals surface area contributed by atoms with Crippen molar-refractivity contribution in [1.82, 2.24) is 24.1 Å². The molecule has 6 N–H and O–H groups in total. The van der Waals surface area contributed by atoms with E-state index in [1.807, 2.05) is 32.0 Å². The Hall–Kier alpha value is -7.78. The van der Waals surface area contributed by atoms with Gasteiger partial charge in [0.1, 0.15) is 40.9 Å². The largest absolute Gasteiger partial charge is 0.460 e. The van der Waals surface area contributed by atoms with Crippen molar-refractivity contribution in [3.05, 3.63) is 146 Å². The third-order valence-corrected chi connectivity index (χ3v) is 11.2. The summed E-state index contributed by atoms with van der Waals surface area (Å²) < 4.78 is 40.5. The van der Waals surface area contributed by atoms with Crippen LogP contribution in [0, 0.1) is 35.8 Å². The van der Waals surface area contributed by atoms with Crippen LogP contribution in [0.1, 0.15) is 91.8 Å². The fourth-order valence-electron chi connectivity index (χ4n) is 7.80. The van der Waals surface area contributed by atoms with Gasteiger partial charge in [0.2, 0.25) is 24.7 Å². The second-order valence-electron chi connectivity index (χ2n) is 15.6. The van der Waals surface area contributed by atoms with E-state index in [0.717, 1.165) is 25.7 Å². The minimum atomic E-state index is -0.546. The Morgan fingerprint density at radius 3 is 1.92 bits per heavy atom. The van der Waals surface area contributed by atoms with Gasteiger partial charge in [-0.05, 0) is 92.8 Å². The zero-order valence-corrected chi connectivity index (χ0v) is 33.8. The van der Waals surface area contributed by atoms with Crippen molar-refractivity contribution < 1.29 is 18.1 Å². The lowest BCUT2D eigenvalue weighted by Crippen LogP contribution is -2.41. The number of pyridine rings is 2. The number of nitrogen functional groups attached to an aromatic ring is 2. The summed E-state index contributed by atoms with van der Waals surface area (Å²) in [6.45, 7) is 3.76. The van der Waals surface area contributed by atoms with Crippen molar-refractivity contribution in [2.45, 2.75) is 70.4 Å². The van der Waals surface area contributed by atoms with Gasteiger partial charge in [-0.15, -0.1) is 6.42 Å². The molecule has 4 heterocycles. The van der Waals surface area contributed by atoms with Gasteiger partial charge >= 0.3 is 0 Å². The summed E-state index contributed by atoms with van der Waals surface area (Å²) in [6.07, 6.45) is 12.1. The monoisotopic (exact) mass is 831 g/mol. The summed E-state index contributed by atoms with van der Waals surface area (Å²) >= 11 is 0. The Balaban J connectivity index is 0.919. The van der Waals surface area contributed by atoms with Crippen LogP contribution in [0.3, 0.4) is 0 Å². The summed E-state index contributed by atoms with van der Waals surface area (Å²) in [5, 5.41) is 7.88. The summed E-state index contributed by atoms with van der Waals surface area (Å²) in [5.74, 6) is 9.37. The van der Waals surface area contributed by atoms with Crippen LogP contribution in [0.2, 0.25) is 0 Å². The van der Waals surface area contributed by atoms with Gasteiger partial charge in [0.15, 0.2) is 5.56 Å². The Morgan fingerprint density at radius 1 is 0.790 bits per heavy atom. The molecule has 0 aliphatic heterocycles. The SMILES string of the molecule is C#Cc1c(NC(C)c2cc3cccc(F)c3c(=O)n2C2CC2)nc[n+](COc2cccc(C#Cc3c(N)ncnc3NC(C)c3cc4cccc(F)c4c(=O)n3C3CC3)c2)c1N. The van der Waals surface area contributed by atoms with E-state index in [-0.39, 0.29) is 52.3 Å². The maximum atomic E-state index is 14.8. The van der Waals surface area contributed by atoms with Crippen molar-refractivity contribution in [2.75, 3.05) is 22.1 Å². The highest BCUT2D eigenvalue weighted by atomic mass is 19.1. The van der Waals surface area contributed by atoms with Crippen LogP contribution in [-0.4, -0.2) is 24.1 Å². The number of hydrogen-bond donors (Lipinski definition) is 4. The molecule has 13 nitrogen and oxygen atoms in total. The predicted molar refractivity (Wildman–Crippen MR) is 233 cm³/mol. The molecule has 0 spiro atoms. The van der Waals surface area contributed by atoms with Gasteiger partial charge in [0, 0.05) is 29.0 Å². The van der Waals surface area contributed by atoms with Crippen LogP contribution in [0.15, 0.2) is 95.0 Å². The number of nitrogens with two attached hydrogens (primary N) is 2. The van der Waals surface area contributed by atoms with Crippen molar-refractivity contribution >= 4 is 44.8 Å². The quantitative estimate of drug-likeness (QED) is 0.0816. The molecule has 15 heteroatoms. The number of aromatic nitrogens is 6. The highest BCUT2D eigenvalue weighted by molar-refractivity contribution is 5.84. The van der Waals surface area contributed by atoms with E-state index in [9.17, 15) is 18.4 Å². The molecule has 0 bridgehead atoms. The smallest absolute Gasteiger partial charge is 0.261 e. The molecule has 0 saturated heterocycles. The number of fused-ring (bicyclic) bond motifs is 2. The van der Waals surface area contributed by atoms with Crippen molar-refractivity contribution in [2.24, 2.45) is 0 Å². The van der Waals surface area contributed by atoms with Crippen molar-refractivity contribution in [1.29, 1.82) is 0 Å². The lowest BCUT2D eigenvalue weighted by atomic mass is 10.1. The molecule has 2 unspecified atom stereocenters. The van der Waals surface area contributed by atoms with Gasteiger partial charge in [0.25, 0.3) is 11.1 Å². The van der Waals surface area contributed by atoms with Crippen LogP contribution in [0.5, 0.6) is 5.75 Å². The maximum Gasteiger partial charge on any atom is 0.261 e. The number of nitrogens with one attached hydrogen (secondary N) is 2. The molecule has 0 radical (unpaired) electrons. The number of rotatable bonds is 11. The lowest BCUT2D eigenvalue weighted by molar-refractivity contribution is -0.713. The number of terminal acetylenes is 1. The first-order valence-corrected chi connectivity index (χ1v) is 20.2. The Morgan fingerprint density at radius 2 is 1.35 bits per heavy atom. The minimum absolute atomic E-state index is 0.00313. The molecule has 2 atom stereocenters. The fraction of sp³-hybridized carbons (Fsp3) is 0.234.